The van der Waals surface area contributed by atoms with Gasteiger partial charge in [-0.3, -0.25) is 0 Å². The summed E-state index contributed by atoms with van der Waals surface area (Å²) in [6.07, 6.45) is 1.72. The van der Waals surface area contributed by atoms with Gasteiger partial charge in [-0.05, 0) is 18.1 Å². The predicted octanol–water partition coefficient (Wildman–Crippen LogP) is 1.40. The molecule has 4 heteroatoms. The summed E-state index contributed by atoms with van der Waals surface area (Å²) in [5.41, 5.74) is 2.43. The van der Waals surface area contributed by atoms with Crippen LogP contribution in [0.5, 0.6) is 0 Å². The van der Waals surface area contributed by atoms with Crippen molar-refractivity contribution in [2.75, 3.05) is 5.75 Å². The van der Waals surface area contributed by atoms with Gasteiger partial charge in [0.25, 0.3) is 0 Å². The summed E-state index contributed by atoms with van der Waals surface area (Å²) in [5.74, 6) is 0.179. The average Bonchev–Trinajstić information content (AvgIpc) is 2.57. The van der Waals surface area contributed by atoms with Gasteiger partial charge in [-0.15, -0.1) is 0 Å². The van der Waals surface area contributed by atoms with Gasteiger partial charge in [-0.1, -0.05) is 30.3 Å². The summed E-state index contributed by atoms with van der Waals surface area (Å²) in [7, 11) is -2.95. The van der Waals surface area contributed by atoms with Crippen molar-refractivity contribution in [2.45, 2.75) is 19.5 Å². The van der Waals surface area contributed by atoms with Crippen molar-refractivity contribution in [2.24, 2.45) is 0 Å². The van der Waals surface area contributed by atoms with Gasteiger partial charge in [0.1, 0.15) is 0 Å². The molecule has 0 saturated carbocycles. The van der Waals surface area contributed by atoms with Crippen LogP contribution < -0.4 is 5.32 Å². The Kier molecular flexibility index (Phi) is 3.12. The fourth-order valence-electron chi connectivity index (χ4n) is 1.75. The number of rotatable bonds is 3. The highest BCUT2D eigenvalue weighted by atomic mass is 32.2. The Morgan fingerprint density at radius 1 is 1.38 bits per heavy atom. The maximum absolute atomic E-state index is 11.2. The Balaban J connectivity index is 1.95. The van der Waals surface area contributed by atoms with E-state index in [-0.39, 0.29) is 11.8 Å². The average molecular weight is 237 g/mol. The topological polar surface area (TPSA) is 46.2 Å². The lowest BCUT2D eigenvalue weighted by molar-refractivity contribution is 0.590. The molecule has 0 aliphatic carbocycles. The molecule has 16 heavy (non-hydrogen) atoms. The van der Waals surface area contributed by atoms with Crippen LogP contribution in [0, 0.1) is 6.92 Å². The summed E-state index contributed by atoms with van der Waals surface area (Å²) in [5, 5.41) is 4.52. The number of sulfone groups is 1. The van der Waals surface area contributed by atoms with Gasteiger partial charge in [0.15, 0.2) is 9.84 Å². The second kappa shape index (κ2) is 4.39. The molecule has 0 amide bonds. The van der Waals surface area contributed by atoms with Crippen molar-refractivity contribution in [3.05, 3.63) is 46.9 Å². The van der Waals surface area contributed by atoms with E-state index in [0.717, 1.165) is 0 Å². The van der Waals surface area contributed by atoms with Gasteiger partial charge in [0.05, 0.1) is 5.75 Å². The molecule has 0 fully saturated rings. The van der Waals surface area contributed by atoms with Crippen LogP contribution in [-0.2, 0) is 16.4 Å². The van der Waals surface area contributed by atoms with Crippen LogP contribution >= 0.6 is 0 Å². The predicted molar refractivity (Wildman–Crippen MR) is 64.7 cm³/mol. The SMILES string of the molecule is Cc1ccccc1CNC1C=CS(=O)(=O)C1. The molecule has 86 valence electrons. The van der Waals surface area contributed by atoms with Crippen LogP contribution in [0.3, 0.4) is 0 Å². The molecule has 0 radical (unpaired) electrons. The van der Waals surface area contributed by atoms with Gasteiger partial charge in [-0.25, -0.2) is 8.42 Å². The van der Waals surface area contributed by atoms with E-state index < -0.39 is 9.84 Å². The molecular formula is C12H15NO2S. The molecule has 1 atom stereocenters. The van der Waals surface area contributed by atoms with Crippen LogP contribution in [0.4, 0.5) is 0 Å². The van der Waals surface area contributed by atoms with Gasteiger partial charge in [-0.2, -0.15) is 0 Å². The summed E-state index contributed by atoms with van der Waals surface area (Å²) < 4.78 is 22.4. The fourth-order valence-corrected chi connectivity index (χ4v) is 3.02. The van der Waals surface area contributed by atoms with Crippen LogP contribution in [0.25, 0.3) is 0 Å². The molecule has 1 aliphatic rings. The molecule has 1 aromatic carbocycles. The first-order chi connectivity index (χ1) is 7.57. The Labute approximate surface area is 96.1 Å². The first kappa shape index (κ1) is 11.4. The Hall–Kier alpha value is -1.13. The normalized spacial score (nSPS) is 22.4. The number of nitrogens with one attached hydrogen (secondary N) is 1. The number of aryl methyl sites for hydroxylation is 1. The largest absolute Gasteiger partial charge is 0.305 e. The first-order valence-electron chi connectivity index (χ1n) is 5.26. The third-order valence-corrected chi connectivity index (χ3v) is 4.14. The van der Waals surface area contributed by atoms with Gasteiger partial charge < -0.3 is 5.32 Å². The van der Waals surface area contributed by atoms with E-state index in [0.29, 0.717) is 6.54 Å². The summed E-state index contributed by atoms with van der Waals surface area (Å²) >= 11 is 0. The molecule has 1 aromatic rings. The van der Waals surface area contributed by atoms with Crippen molar-refractivity contribution < 1.29 is 8.42 Å². The fraction of sp³-hybridized carbons (Fsp3) is 0.333. The zero-order chi connectivity index (χ0) is 11.6. The van der Waals surface area contributed by atoms with Crippen molar-refractivity contribution in [3.8, 4) is 0 Å². The Morgan fingerprint density at radius 3 is 2.75 bits per heavy atom. The van der Waals surface area contributed by atoms with Gasteiger partial charge >= 0.3 is 0 Å². The highest BCUT2D eigenvalue weighted by molar-refractivity contribution is 7.94. The number of benzene rings is 1. The third kappa shape index (κ3) is 2.71. The lowest BCUT2D eigenvalue weighted by atomic mass is 10.1. The van der Waals surface area contributed by atoms with Gasteiger partial charge in [0.2, 0.25) is 0 Å². The molecule has 0 bridgehead atoms. The summed E-state index contributed by atoms with van der Waals surface area (Å²) in [6, 6.07) is 8.04. The molecule has 2 rings (SSSR count). The zero-order valence-electron chi connectivity index (χ0n) is 9.18. The third-order valence-electron chi connectivity index (χ3n) is 2.75. The van der Waals surface area contributed by atoms with E-state index in [1.54, 1.807) is 6.08 Å². The minimum absolute atomic E-state index is 0.0513. The maximum atomic E-state index is 11.2. The molecule has 3 nitrogen and oxygen atoms in total. The van der Waals surface area contributed by atoms with Crippen LogP contribution in [0.2, 0.25) is 0 Å². The standard InChI is InChI=1S/C12H15NO2S/c1-10-4-2-3-5-11(10)8-13-12-6-7-16(14,15)9-12/h2-7,12-13H,8-9H2,1H3. The van der Waals surface area contributed by atoms with Crippen LogP contribution in [0.1, 0.15) is 11.1 Å². The van der Waals surface area contributed by atoms with E-state index in [1.165, 1.54) is 16.5 Å². The Morgan fingerprint density at radius 2 is 2.12 bits per heavy atom. The first-order valence-corrected chi connectivity index (χ1v) is 6.97. The molecule has 1 heterocycles. The van der Waals surface area contributed by atoms with Crippen LogP contribution in [0.15, 0.2) is 35.7 Å². The minimum atomic E-state index is -2.95. The van der Waals surface area contributed by atoms with E-state index in [1.807, 2.05) is 12.1 Å². The zero-order valence-corrected chi connectivity index (χ0v) is 10.00. The molecular weight excluding hydrogens is 222 g/mol. The quantitative estimate of drug-likeness (QED) is 0.864. The second-order valence-electron chi connectivity index (χ2n) is 4.07. The van der Waals surface area contributed by atoms with E-state index in [2.05, 4.69) is 24.4 Å². The second-order valence-corrected chi connectivity index (χ2v) is 6.00. The molecule has 0 aromatic heterocycles. The number of hydrogen-bond acceptors (Lipinski definition) is 3. The van der Waals surface area contributed by atoms with Gasteiger partial charge in [0, 0.05) is 18.0 Å². The monoisotopic (exact) mass is 237 g/mol. The van der Waals surface area contributed by atoms with Crippen molar-refractivity contribution in [1.29, 1.82) is 0 Å². The molecule has 1 aliphatic heterocycles. The minimum Gasteiger partial charge on any atom is -0.305 e. The van der Waals surface area contributed by atoms with Crippen LogP contribution in [-0.4, -0.2) is 20.2 Å². The smallest absolute Gasteiger partial charge is 0.173 e. The van der Waals surface area contributed by atoms with E-state index >= 15 is 0 Å². The Bertz CT molecular complexity index is 506. The van der Waals surface area contributed by atoms with E-state index in [9.17, 15) is 8.42 Å². The lowest BCUT2D eigenvalue weighted by Crippen LogP contribution is -2.29. The molecule has 1 N–H and O–H groups in total. The lowest BCUT2D eigenvalue weighted by Gasteiger charge is -2.11. The maximum Gasteiger partial charge on any atom is 0.173 e. The molecule has 0 saturated heterocycles. The number of hydrogen-bond donors (Lipinski definition) is 1. The summed E-state index contributed by atoms with van der Waals surface area (Å²) in [6.45, 7) is 2.76. The highest BCUT2D eigenvalue weighted by Gasteiger charge is 2.20. The highest BCUT2D eigenvalue weighted by Crippen LogP contribution is 2.10. The van der Waals surface area contributed by atoms with Crippen molar-refractivity contribution in [3.63, 3.8) is 0 Å². The van der Waals surface area contributed by atoms with Crippen molar-refractivity contribution in [1.82, 2.24) is 5.32 Å². The summed E-state index contributed by atoms with van der Waals surface area (Å²) in [4.78, 5) is 0. The molecule has 0 spiro atoms. The van der Waals surface area contributed by atoms with Crippen molar-refractivity contribution >= 4 is 9.84 Å². The van der Waals surface area contributed by atoms with E-state index in [4.69, 9.17) is 0 Å². The molecule has 1 unspecified atom stereocenters.